The van der Waals surface area contributed by atoms with Gasteiger partial charge >= 0.3 is 0 Å². The average molecular weight is 219 g/mol. The van der Waals surface area contributed by atoms with Gasteiger partial charge in [-0.15, -0.1) is 0 Å². The summed E-state index contributed by atoms with van der Waals surface area (Å²) >= 11 is 0. The van der Waals surface area contributed by atoms with Crippen molar-refractivity contribution in [2.24, 2.45) is 5.92 Å². The number of ether oxygens (including phenoxy) is 1. The van der Waals surface area contributed by atoms with E-state index in [9.17, 15) is 4.79 Å². The van der Waals surface area contributed by atoms with Crippen LogP contribution in [0.15, 0.2) is 24.3 Å². The van der Waals surface area contributed by atoms with Gasteiger partial charge in [0, 0.05) is 13.0 Å². The van der Waals surface area contributed by atoms with Gasteiger partial charge in [0.1, 0.15) is 5.75 Å². The first-order valence-corrected chi connectivity index (χ1v) is 5.67. The molecule has 86 valence electrons. The van der Waals surface area contributed by atoms with Gasteiger partial charge in [0.25, 0.3) is 0 Å². The Morgan fingerprint density at radius 3 is 2.69 bits per heavy atom. The predicted molar refractivity (Wildman–Crippen MR) is 62.4 cm³/mol. The number of carbonyl (C=O) groups is 1. The number of aryl methyl sites for hydroxylation is 1. The van der Waals surface area contributed by atoms with Crippen molar-refractivity contribution in [1.29, 1.82) is 0 Å². The van der Waals surface area contributed by atoms with Crippen LogP contribution >= 0.6 is 0 Å². The van der Waals surface area contributed by atoms with Gasteiger partial charge < -0.3 is 10.1 Å². The van der Waals surface area contributed by atoms with E-state index in [1.165, 1.54) is 5.56 Å². The van der Waals surface area contributed by atoms with E-state index in [4.69, 9.17) is 4.74 Å². The van der Waals surface area contributed by atoms with Gasteiger partial charge in [0.05, 0.1) is 7.11 Å². The first-order chi connectivity index (χ1) is 7.78. The van der Waals surface area contributed by atoms with Crippen LogP contribution in [-0.2, 0) is 11.2 Å². The summed E-state index contributed by atoms with van der Waals surface area (Å²) in [5.41, 5.74) is 1.31. The Bertz CT molecular complexity index is 359. The molecule has 1 N–H and O–H groups in total. The third-order valence-electron chi connectivity index (χ3n) is 3.06. The fourth-order valence-corrected chi connectivity index (χ4v) is 2.03. The minimum atomic E-state index is 0.194. The quantitative estimate of drug-likeness (QED) is 0.838. The van der Waals surface area contributed by atoms with E-state index in [0.29, 0.717) is 12.3 Å². The number of rotatable bonds is 4. The summed E-state index contributed by atoms with van der Waals surface area (Å²) in [6, 6.07) is 8.13. The zero-order chi connectivity index (χ0) is 11.4. The number of amides is 1. The lowest BCUT2D eigenvalue weighted by Gasteiger charge is -2.07. The van der Waals surface area contributed by atoms with E-state index in [0.717, 1.165) is 25.1 Å². The molecule has 1 aromatic carbocycles. The Morgan fingerprint density at radius 2 is 2.12 bits per heavy atom. The molecule has 1 aliphatic heterocycles. The van der Waals surface area contributed by atoms with Crippen molar-refractivity contribution in [3.63, 3.8) is 0 Å². The second-order valence-electron chi connectivity index (χ2n) is 4.26. The van der Waals surface area contributed by atoms with Crippen LogP contribution in [0.5, 0.6) is 5.75 Å². The van der Waals surface area contributed by atoms with Gasteiger partial charge in [-0.1, -0.05) is 12.1 Å². The average Bonchev–Trinajstić information content (AvgIpc) is 2.73. The first-order valence-electron chi connectivity index (χ1n) is 5.67. The molecule has 1 fully saturated rings. The summed E-state index contributed by atoms with van der Waals surface area (Å²) in [6.45, 7) is 0.842. The second kappa shape index (κ2) is 5.01. The van der Waals surface area contributed by atoms with Crippen molar-refractivity contribution in [1.82, 2.24) is 5.32 Å². The number of hydrogen-bond donors (Lipinski definition) is 1. The maximum absolute atomic E-state index is 11.0. The Hall–Kier alpha value is -1.51. The lowest BCUT2D eigenvalue weighted by molar-refractivity contribution is -0.119. The van der Waals surface area contributed by atoms with Crippen molar-refractivity contribution >= 4 is 5.91 Å². The molecule has 1 unspecified atom stereocenters. The van der Waals surface area contributed by atoms with Crippen LogP contribution in [-0.4, -0.2) is 19.6 Å². The highest BCUT2D eigenvalue weighted by atomic mass is 16.5. The largest absolute Gasteiger partial charge is 0.497 e. The lowest BCUT2D eigenvalue weighted by atomic mass is 9.99. The molecule has 16 heavy (non-hydrogen) atoms. The maximum atomic E-state index is 11.0. The van der Waals surface area contributed by atoms with Crippen LogP contribution in [0.3, 0.4) is 0 Å². The number of hydrogen-bond acceptors (Lipinski definition) is 2. The van der Waals surface area contributed by atoms with E-state index >= 15 is 0 Å². The van der Waals surface area contributed by atoms with E-state index in [-0.39, 0.29) is 5.91 Å². The molecule has 0 spiro atoms. The highest BCUT2D eigenvalue weighted by Gasteiger charge is 2.20. The van der Waals surface area contributed by atoms with Gasteiger partial charge in [-0.25, -0.2) is 0 Å². The molecule has 0 aromatic heterocycles. The number of benzene rings is 1. The van der Waals surface area contributed by atoms with Crippen LogP contribution in [0, 0.1) is 5.92 Å². The van der Waals surface area contributed by atoms with Crippen LogP contribution in [0.4, 0.5) is 0 Å². The van der Waals surface area contributed by atoms with E-state index in [1.54, 1.807) is 7.11 Å². The predicted octanol–water partition coefficient (Wildman–Crippen LogP) is 1.76. The van der Waals surface area contributed by atoms with Crippen LogP contribution < -0.4 is 10.1 Å². The van der Waals surface area contributed by atoms with E-state index in [2.05, 4.69) is 17.4 Å². The molecule has 1 aliphatic rings. The van der Waals surface area contributed by atoms with Crippen LogP contribution in [0.2, 0.25) is 0 Å². The second-order valence-corrected chi connectivity index (χ2v) is 4.26. The van der Waals surface area contributed by atoms with Crippen molar-refractivity contribution in [2.75, 3.05) is 13.7 Å². The Balaban J connectivity index is 1.82. The monoisotopic (exact) mass is 219 g/mol. The van der Waals surface area contributed by atoms with E-state index in [1.807, 2.05) is 12.1 Å². The van der Waals surface area contributed by atoms with Gasteiger partial charge in [-0.2, -0.15) is 0 Å². The first kappa shape index (κ1) is 11.0. The molecule has 1 amide bonds. The Kier molecular flexibility index (Phi) is 3.44. The zero-order valence-corrected chi connectivity index (χ0v) is 9.53. The van der Waals surface area contributed by atoms with Gasteiger partial charge in [-0.3, -0.25) is 4.79 Å². The number of carbonyl (C=O) groups excluding carboxylic acids is 1. The van der Waals surface area contributed by atoms with Crippen molar-refractivity contribution in [3.8, 4) is 5.75 Å². The molecule has 1 aromatic rings. The highest BCUT2D eigenvalue weighted by molar-refractivity contribution is 5.78. The minimum Gasteiger partial charge on any atom is -0.497 e. The molecule has 0 radical (unpaired) electrons. The van der Waals surface area contributed by atoms with Crippen LogP contribution in [0.1, 0.15) is 18.4 Å². The summed E-state index contributed by atoms with van der Waals surface area (Å²) in [5.74, 6) is 1.59. The molecule has 0 bridgehead atoms. The van der Waals surface area contributed by atoms with Gasteiger partial charge in [0.15, 0.2) is 0 Å². The summed E-state index contributed by atoms with van der Waals surface area (Å²) < 4.78 is 5.11. The third-order valence-corrected chi connectivity index (χ3v) is 3.06. The standard InChI is InChI=1S/C13H17NO2/c1-16-12-6-4-10(5-7-12)2-3-11-8-13(15)14-9-11/h4-7,11H,2-3,8-9H2,1H3,(H,14,15). The molecule has 0 aliphatic carbocycles. The molecule has 3 heteroatoms. The number of nitrogens with one attached hydrogen (secondary N) is 1. The fraction of sp³-hybridized carbons (Fsp3) is 0.462. The van der Waals surface area contributed by atoms with Crippen molar-refractivity contribution in [2.45, 2.75) is 19.3 Å². The molecular weight excluding hydrogens is 202 g/mol. The zero-order valence-electron chi connectivity index (χ0n) is 9.53. The van der Waals surface area contributed by atoms with Crippen molar-refractivity contribution < 1.29 is 9.53 Å². The SMILES string of the molecule is COc1ccc(CCC2CNC(=O)C2)cc1. The van der Waals surface area contributed by atoms with Gasteiger partial charge in [0.2, 0.25) is 5.91 Å². The minimum absolute atomic E-state index is 0.194. The Morgan fingerprint density at radius 1 is 1.38 bits per heavy atom. The van der Waals surface area contributed by atoms with Gasteiger partial charge in [-0.05, 0) is 36.5 Å². The third kappa shape index (κ3) is 2.75. The summed E-state index contributed by atoms with van der Waals surface area (Å²) in [4.78, 5) is 11.0. The Labute approximate surface area is 95.8 Å². The molecule has 0 saturated carbocycles. The topological polar surface area (TPSA) is 38.3 Å². The molecule has 3 nitrogen and oxygen atoms in total. The smallest absolute Gasteiger partial charge is 0.220 e. The highest BCUT2D eigenvalue weighted by Crippen LogP contribution is 2.18. The molecule has 2 rings (SSSR count). The lowest BCUT2D eigenvalue weighted by Crippen LogP contribution is -2.14. The molecule has 1 heterocycles. The summed E-state index contributed by atoms with van der Waals surface area (Å²) in [6.07, 6.45) is 2.80. The molecule has 1 atom stereocenters. The normalized spacial score (nSPS) is 19.6. The summed E-state index contributed by atoms with van der Waals surface area (Å²) in [7, 11) is 1.67. The van der Waals surface area contributed by atoms with E-state index < -0.39 is 0 Å². The summed E-state index contributed by atoms with van der Waals surface area (Å²) in [5, 5.41) is 2.87. The number of methoxy groups -OCH3 is 1. The fourth-order valence-electron chi connectivity index (χ4n) is 2.03. The molecular formula is C13H17NO2. The maximum Gasteiger partial charge on any atom is 0.220 e. The van der Waals surface area contributed by atoms with Crippen LogP contribution in [0.25, 0.3) is 0 Å². The van der Waals surface area contributed by atoms with Crippen molar-refractivity contribution in [3.05, 3.63) is 29.8 Å². The molecule has 1 saturated heterocycles.